The molecule has 4 unspecified atom stereocenters. The monoisotopic (exact) mass is 220 g/mol. The number of piperidine rings is 2. The number of ether oxygens (including phenoxy) is 1. The van der Waals surface area contributed by atoms with Gasteiger partial charge in [0.1, 0.15) is 0 Å². The second-order valence-electron chi connectivity index (χ2n) is 5.10. The smallest absolute Gasteiger partial charge is 0.410 e. The summed E-state index contributed by atoms with van der Waals surface area (Å²) >= 11 is 0. The molecule has 0 aromatic carbocycles. The molecule has 1 saturated carbocycles. The third kappa shape index (κ3) is 1.24. The van der Waals surface area contributed by atoms with Gasteiger partial charge in [-0.25, -0.2) is 4.79 Å². The van der Waals surface area contributed by atoms with Crippen LogP contribution in [-0.2, 0) is 4.74 Å². The second-order valence-corrected chi connectivity index (χ2v) is 5.10. The molecule has 3 aliphatic rings. The van der Waals surface area contributed by atoms with Crippen LogP contribution in [0, 0.1) is 29.1 Å². The Labute approximate surface area is 95.2 Å². The summed E-state index contributed by atoms with van der Waals surface area (Å²) in [5.74, 6) is 1.47. The van der Waals surface area contributed by atoms with Gasteiger partial charge in [-0.05, 0) is 38.0 Å². The molecule has 0 N–H and O–H groups in total. The number of rotatable bonds is 1. The van der Waals surface area contributed by atoms with Crippen LogP contribution in [0.15, 0.2) is 0 Å². The van der Waals surface area contributed by atoms with E-state index in [9.17, 15) is 4.79 Å². The van der Waals surface area contributed by atoms with Gasteiger partial charge in [0.15, 0.2) is 0 Å². The minimum absolute atomic E-state index is 0.147. The van der Waals surface area contributed by atoms with Gasteiger partial charge in [-0.1, -0.05) is 0 Å². The predicted octanol–water partition coefficient (Wildman–Crippen LogP) is 1.77. The number of carbonyl (C=O) groups is 1. The Morgan fingerprint density at radius 3 is 2.50 bits per heavy atom. The van der Waals surface area contributed by atoms with Crippen molar-refractivity contribution < 1.29 is 9.53 Å². The van der Waals surface area contributed by atoms with Crippen LogP contribution in [0.5, 0.6) is 0 Å². The van der Waals surface area contributed by atoms with Crippen molar-refractivity contribution in [2.24, 2.45) is 17.8 Å². The lowest BCUT2D eigenvalue weighted by atomic mass is 9.89. The van der Waals surface area contributed by atoms with Crippen LogP contribution in [0.3, 0.4) is 0 Å². The normalized spacial score (nSPS) is 43.5. The molecular formula is C12H16N2O2. The van der Waals surface area contributed by atoms with E-state index in [1.165, 1.54) is 6.42 Å². The average molecular weight is 220 g/mol. The summed E-state index contributed by atoms with van der Waals surface area (Å²) in [6.45, 7) is 2.27. The minimum atomic E-state index is -0.166. The van der Waals surface area contributed by atoms with Crippen molar-refractivity contribution >= 4 is 6.09 Å². The van der Waals surface area contributed by atoms with Gasteiger partial charge in [-0.3, -0.25) is 0 Å². The number of carbonyl (C=O) groups excluding carboxylic acids is 1. The third-order valence-electron chi connectivity index (χ3n) is 4.31. The highest BCUT2D eigenvalue weighted by molar-refractivity contribution is 5.70. The molecule has 4 heteroatoms. The van der Waals surface area contributed by atoms with Crippen molar-refractivity contribution in [3.8, 4) is 6.07 Å². The zero-order valence-corrected chi connectivity index (χ0v) is 9.43. The SMILES string of the molecule is CCOC(=O)N1C2CC(C#N)CC1[C@H]1CC21. The molecule has 0 aromatic rings. The fourth-order valence-electron chi connectivity index (χ4n) is 3.61. The molecule has 16 heavy (non-hydrogen) atoms. The van der Waals surface area contributed by atoms with E-state index < -0.39 is 0 Å². The van der Waals surface area contributed by atoms with Gasteiger partial charge in [-0.2, -0.15) is 5.26 Å². The molecule has 0 spiro atoms. The Morgan fingerprint density at radius 1 is 1.38 bits per heavy atom. The van der Waals surface area contributed by atoms with Gasteiger partial charge in [-0.15, -0.1) is 0 Å². The average Bonchev–Trinajstić information content (AvgIpc) is 3.03. The first-order chi connectivity index (χ1) is 7.76. The Balaban J connectivity index is 1.79. The molecule has 1 amide bonds. The maximum absolute atomic E-state index is 11.8. The first-order valence-electron chi connectivity index (χ1n) is 6.11. The lowest BCUT2D eigenvalue weighted by Gasteiger charge is -2.38. The van der Waals surface area contributed by atoms with E-state index in [2.05, 4.69) is 6.07 Å². The van der Waals surface area contributed by atoms with Crippen molar-refractivity contribution in [2.75, 3.05) is 6.61 Å². The number of nitriles is 1. The Hall–Kier alpha value is -1.24. The van der Waals surface area contributed by atoms with Crippen LogP contribution in [-0.4, -0.2) is 29.7 Å². The van der Waals surface area contributed by atoms with Gasteiger partial charge < -0.3 is 9.64 Å². The Bertz CT molecular complexity index is 345. The molecule has 4 nitrogen and oxygen atoms in total. The zero-order valence-electron chi connectivity index (χ0n) is 9.43. The quantitative estimate of drug-likeness (QED) is 0.676. The van der Waals surface area contributed by atoms with Crippen molar-refractivity contribution in [1.29, 1.82) is 5.26 Å². The van der Waals surface area contributed by atoms with E-state index in [0.29, 0.717) is 18.4 Å². The first-order valence-corrected chi connectivity index (χ1v) is 6.11. The fourth-order valence-corrected chi connectivity index (χ4v) is 3.61. The van der Waals surface area contributed by atoms with Crippen LogP contribution < -0.4 is 0 Å². The van der Waals surface area contributed by atoms with Crippen molar-refractivity contribution in [3.05, 3.63) is 0 Å². The summed E-state index contributed by atoms with van der Waals surface area (Å²) in [6.07, 6.45) is 2.80. The lowest BCUT2D eigenvalue weighted by Crippen LogP contribution is -2.49. The fraction of sp³-hybridized carbons (Fsp3) is 0.833. The standard InChI is InChI=1S/C12H16N2O2/c1-2-16-12(15)14-10-3-7(6-13)4-11(14)9-5-8(9)10/h7-11H,2-5H2,1H3/t7?,8-,9?,10?,11?/m0/s1. The summed E-state index contributed by atoms with van der Waals surface area (Å²) in [5, 5.41) is 9.00. The topological polar surface area (TPSA) is 53.3 Å². The van der Waals surface area contributed by atoms with E-state index in [1.54, 1.807) is 0 Å². The zero-order chi connectivity index (χ0) is 11.3. The van der Waals surface area contributed by atoms with E-state index in [4.69, 9.17) is 10.00 Å². The van der Waals surface area contributed by atoms with E-state index in [1.807, 2.05) is 11.8 Å². The highest BCUT2D eigenvalue weighted by Gasteiger charge is 2.63. The summed E-state index contributed by atoms with van der Waals surface area (Å²) in [6, 6.07) is 2.93. The predicted molar refractivity (Wildman–Crippen MR) is 56.4 cm³/mol. The van der Waals surface area contributed by atoms with Crippen molar-refractivity contribution in [2.45, 2.75) is 38.3 Å². The van der Waals surface area contributed by atoms with Gasteiger partial charge in [0.05, 0.1) is 18.6 Å². The third-order valence-corrected chi connectivity index (χ3v) is 4.31. The van der Waals surface area contributed by atoms with Crippen molar-refractivity contribution in [3.63, 3.8) is 0 Å². The highest BCUT2D eigenvalue weighted by atomic mass is 16.6. The molecule has 1 aliphatic carbocycles. The van der Waals surface area contributed by atoms with Gasteiger partial charge >= 0.3 is 6.09 Å². The van der Waals surface area contributed by atoms with E-state index in [0.717, 1.165) is 12.8 Å². The minimum Gasteiger partial charge on any atom is -0.450 e. The molecule has 3 fully saturated rings. The molecule has 2 aliphatic heterocycles. The molecule has 5 atom stereocenters. The number of nitrogens with zero attached hydrogens (tertiary/aromatic N) is 2. The number of hydrogen-bond acceptors (Lipinski definition) is 3. The number of amides is 1. The lowest BCUT2D eigenvalue weighted by molar-refractivity contribution is 0.0531. The maximum Gasteiger partial charge on any atom is 0.410 e. The summed E-state index contributed by atoms with van der Waals surface area (Å²) < 4.78 is 5.10. The van der Waals surface area contributed by atoms with E-state index >= 15 is 0 Å². The van der Waals surface area contributed by atoms with Crippen LogP contribution in [0.4, 0.5) is 4.79 Å². The van der Waals surface area contributed by atoms with Crippen LogP contribution in [0.25, 0.3) is 0 Å². The maximum atomic E-state index is 11.8. The van der Waals surface area contributed by atoms with Crippen LogP contribution in [0.2, 0.25) is 0 Å². The Morgan fingerprint density at radius 2 is 2.00 bits per heavy atom. The molecule has 86 valence electrons. The summed E-state index contributed by atoms with van der Waals surface area (Å²) in [5.41, 5.74) is 0. The molecule has 2 saturated heterocycles. The number of fused-ring (bicyclic) bond motifs is 5. The summed E-state index contributed by atoms with van der Waals surface area (Å²) in [7, 11) is 0. The molecule has 0 radical (unpaired) electrons. The molecular weight excluding hydrogens is 204 g/mol. The molecule has 0 aromatic heterocycles. The van der Waals surface area contributed by atoms with E-state index in [-0.39, 0.29) is 24.1 Å². The van der Waals surface area contributed by atoms with Gasteiger partial charge in [0.2, 0.25) is 0 Å². The molecule has 3 rings (SSSR count). The van der Waals surface area contributed by atoms with Crippen molar-refractivity contribution in [1.82, 2.24) is 4.90 Å². The summed E-state index contributed by atoms with van der Waals surface area (Å²) in [4.78, 5) is 13.8. The number of hydrogen-bond donors (Lipinski definition) is 0. The Kier molecular flexibility index (Phi) is 2.10. The van der Waals surface area contributed by atoms with Gasteiger partial charge in [0.25, 0.3) is 0 Å². The molecule has 2 heterocycles. The second kappa shape index (κ2) is 3.38. The molecule has 2 bridgehead atoms. The first kappa shape index (κ1) is 9.95. The van der Waals surface area contributed by atoms with Gasteiger partial charge in [0, 0.05) is 12.1 Å². The van der Waals surface area contributed by atoms with Crippen LogP contribution >= 0.6 is 0 Å². The largest absolute Gasteiger partial charge is 0.450 e. The van der Waals surface area contributed by atoms with Crippen LogP contribution in [0.1, 0.15) is 26.2 Å². The highest BCUT2D eigenvalue weighted by Crippen LogP contribution is 2.59.